The van der Waals surface area contributed by atoms with E-state index in [4.69, 9.17) is 4.74 Å². The monoisotopic (exact) mass is 214 g/mol. The molecule has 1 aliphatic rings. The van der Waals surface area contributed by atoms with Crippen LogP contribution in [0, 0.1) is 0 Å². The molecule has 0 bridgehead atoms. The minimum atomic E-state index is 0.557. The quantitative estimate of drug-likeness (QED) is 0.725. The Kier molecular flexibility index (Phi) is 6.22. The van der Waals surface area contributed by atoms with E-state index >= 15 is 0 Å². The summed E-state index contributed by atoms with van der Waals surface area (Å²) in [6.07, 6.45) is 3.87. The highest BCUT2D eigenvalue weighted by molar-refractivity contribution is 4.80. The fraction of sp³-hybridized carbons (Fsp3) is 1.00. The van der Waals surface area contributed by atoms with Gasteiger partial charge < -0.3 is 10.1 Å². The Hall–Kier alpha value is -0.120. The Morgan fingerprint density at radius 3 is 3.00 bits per heavy atom. The van der Waals surface area contributed by atoms with Crippen LogP contribution in [0.1, 0.15) is 33.1 Å². The first kappa shape index (κ1) is 12.9. The molecule has 0 saturated carbocycles. The molecule has 1 rings (SSSR count). The zero-order chi connectivity index (χ0) is 11.1. The van der Waals surface area contributed by atoms with Gasteiger partial charge in [0.05, 0.1) is 6.61 Å². The van der Waals surface area contributed by atoms with Gasteiger partial charge in [-0.3, -0.25) is 4.90 Å². The molecule has 2 unspecified atom stereocenters. The molecule has 2 atom stereocenters. The lowest BCUT2D eigenvalue weighted by Gasteiger charge is -2.36. The summed E-state index contributed by atoms with van der Waals surface area (Å²) in [4.78, 5) is 2.54. The summed E-state index contributed by atoms with van der Waals surface area (Å²) >= 11 is 0. The van der Waals surface area contributed by atoms with Crippen LogP contribution in [0.4, 0.5) is 0 Å². The van der Waals surface area contributed by atoms with Crippen molar-refractivity contribution in [1.82, 2.24) is 10.2 Å². The van der Waals surface area contributed by atoms with Crippen LogP contribution in [0.3, 0.4) is 0 Å². The lowest BCUT2D eigenvalue weighted by Crippen LogP contribution is -2.50. The highest BCUT2D eigenvalue weighted by atomic mass is 16.5. The highest BCUT2D eigenvalue weighted by Crippen LogP contribution is 2.13. The molecule has 90 valence electrons. The molecular formula is C12H26N2O. The normalized spacial score (nSPS) is 25.4. The van der Waals surface area contributed by atoms with Crippen LogP contribution in [0.15, 0.2) is 0 Å². The zero-order valence-corrected chi connectivity index (χ0v) is 10.5. The van der Waals surface area contributed by atoms with E-state index in [9.17, 15) is 0 Å². The molecule has 1 aliphatic heterocycles. The average Bonchev–Trinajstić information content (AvgIpc) is 2.27. The second-order valence-corrected chi connectivity index (χ2v) is 4.59. The largest absolute Gasteiger partial charge is 0.383 e. The standard InChI is InChI=1S/C12H26N2O/c1-4-7-13-12-6-5-8-14(9-12)11(2)10-15-3/h11-13H,4-10H2,1-3H3. The molecule has 0 aromatic carbocycles. The fourth-order valence-electron chi connectivity index (χ4n) is 2.27. The summed E-state index contributed by atoms with van der Waals surface area (Å²) in [5.41, 5.74) is 0. The number of piperidine rings is 1. The first-order valence-electron chi connectivity index (χ1n) is 6.24. The molecule has 15 heavy (non-hydrogen) atoms. The number of ether oxygens (including phenoxy) is 1. The van der Waals surface area contributed by atoms with Crippen molar-refractivity contribution in [1.29, 1.82) is 0 Å². The molecular weight excluding hydrogens is 188 g/mol. The molecule has 0 aromatic rings. The molecule has 0 aliphatic carbocycles. The van der Waals surface area contributed by atoms with Crippen molar-refractivity contribution in [3.8, 4) is 0 Å². The zero-order valence-electron chi connectivity index (χ0n) is 10.5. The van der Waals surface area contributed by atoms with Gasteiger partial charge in [0.25, 0.3) is 0 Å². The van der Waals surface area contributed by atoms with E-state index in [1.165, 1.54) is 32.4 Å². The number of hydrogen-bond donors (Lipinski definition) is 1. The predicted octanol–water partition coefficient (Wildman–Crippen LogP) is 1.49. The molecule has 0 aromatic heterocycles. The van der Waals surface area contributed by atoms with Gasteiger partial charge in [-0.25, -0.2) is 0 Å². The fourth-order valence-corrected chi connectivity index (χ4v) is 2.27. The Balaban J connectivity index is 2.28. The van der Waals surface area contributed by atoms with Gasteiger partial charge in [0, 0.05) is 25.7 Å². The van der Waals surface area contributed by atoms with Gasteiger partial charge >= 0.3 is 0 Å². The summed E-state index contributed by atoms with van der Waals surface area (Å²) in [7, 11) is 1.78. The number of methoxy groups -OCH3 is 1. The molecule has 0 radical (unpaired) electrons. The maximum atomic E-state index is 5.21. The minimum absolute atomic E-state index is 0.557. The van der Waals surface area contributed by atoms with Gasteiger partial charge in [-0.2, -0.15) is 0 Å². The first-order valence-corrected chi connectivity index (χ1v) is 6.24. The van der Waals surface area contributed by atoms with Crippen LogP contribution in [0.2, 0.25) is 0 Å². The molecule has 1 fully saturated rings. The third-order valence-corrected chi connectivity index (χ3v) is 3.17. The van der Waals surface area contributed by atoms with Crippen LogP contribution in [0.25, 0.3) is 0 Å². The minimum Gasteiger partial charge on any atom is -0.383 e. The molecule has 1 saturated heterocycles. The van der Waals surface area contributed by atoms with E-state index in [0.717, 1.165) is 13.2 Å². The second-order valence-electron chi connectivity index (χ2n) is 4.59. The van der Waals surface area contributed by atoms with E-state index < -0.39 is 0 Å². The van der Waals surface area contributed by atoms with Gasteiger partial charge in [-0.05, 0) is 39.3 Å². The average molecular weight is 214 g/mol. The molecule has 0 spiro atoms. The SMILES string of the molecule is CCCNC1CCCN(C(C)COC)C1. The molecule has 1 heterocycles. The summed E-state index contributed by atoms with van der Waals surface area (Å²) in [6.45, 7) is 8.89. The van der Waals surface area contributed by atoms with Crippen molar-refractivity contribution in [2.24, 2.45) is 0 Å². The number of nitrogens with one attached hydrogen (secondary N) is 1. The third-order valence-electron chi connectivity index (χ3n) is 3.17. The van der Waals surface area contributed by atoms with Crippen LogP contribution in [-0.2, 0) is 4.74 Å². The van der Waals surface area contributed by atoms with Crippen LogP contribution in [0.5, 0.6) is 0 Å². The summed E-state index contributed by atoms with van der Waals surface area (Å²) in [5.74, 6) is 0. The van der Waals surface area contributed by atoms with Crippen molar-refractivity contribution in [3.05, 3.63) is 0 Å². The predicted molar refractivity (Wildman–Crippen MR) is 64.2 cm³/mol. The van der Waals surface area contributed by atoms with E-state index in [0.29, 0.717) is 12.1 Å². The van der Waals surface area contributed by atoms with Crippen LogP contribution >= 0.6 is 0 Å². The lowest BCUT2D eigenvalue weighted by molar-refractivity contribution is 0.0756. The topological polar surface area (TPSA) is 24.5 Å². The van der Waals surface area contributed by atoms with E-state index in [-0.39, 0.29) is 0 Å². The Morgan fingerprint density at radius 1 is 1.53 bits per heavy atom. The summed E-state index contributed by atoms with van der Waals surface area (Å²) in [5, 5.41) is 3.62. The van der Waals surface area contributed by atoms with Crippen molar-refractivity contribution in [2.45, 2.75) is 45.2 Å². The molecule has 0 amide bonds. The molecule has 3 nitrogen and oxygen atoms in total. The maximum Gasteiger partial charge on any atom is 0.0615 e. The Labute approximate surface area is 94.2 Å². The van der Waals surface area contributed by atoms with Crippen LogP contribution < -0.4 is 5.32 Å². The molecule has 1 N–H and O–H groups in total. The van der Waals surface area contributed by atoms with Gasteiger partial charge in [0.2, 0.25) is 0 Å². The van der Waals surface area contributed by atoms with E-state index in [1.807, 2.05) is 0 Å². The van der Waals surface area contributed by atoms with Crippen molar-refractivity contribution in [2.75, 3.05) is 33.4 Å². The van der Waals surface area contributed by atoms with Crippen molar-refractivity contribution in [3.63, 3.8) is 0 Å². The van der Waals surface area contributed by atoms with Gasteiger partial charge in [0.1, 0.15) is 0 Å². The van der Waals surface area contributed by atoms with E-state index in [2.05, 4.69) is 24.1 Å². The second kappa shape index (κ2) is 7.20. The lowest BCUT2D eigenvalue weighted by atomic mass is 10.0. The van der Waals surface area contributed by atoms with Gasteiger partial charge in [0.15, 0.2) is 0 Å². The summed E-state index contributed by atoms with van der Waals surface area (Å²) < 4.78 is 5.21. The van der Waals surface area contributed by atoms with Gasteiger partial charge in [-0.15, -0.1) is 0 Å². The number of nitrogens with zero attached hydrogens (tertiary/aromatic N) is 1. The maximum absolute atomic E-state index is 5.21. The Bertz CT molecular complexity index is 164. The summed E-state index contributed by atoms with van der Waals surface area (Å²) in [6, 6.07) is 1.25. The van der Waals surface area contributed by atoms with E-state index in [1.54, 1.807) is 7.11 Å². The van der Waals surface area contributed by atoms with Gasteiger partial charge in [-0.1, -0.05) is 6.92 Å². The number of likely N-dealkylation sites (tertiary alicyclic amines) is 1. The number of hydrogen-bond acceptors (Lipinski definition) is 3. The Morgan fingerprint density at radius 2 is 2.33 bits per heavy atom. The molecule has 3 heteroatoms. The smallest absolute Gasteiger partial charge is 0.0615 e. The highest BCUT2D eigenvalue weighted by Gasteiger charge is 2.22. The third kappa shape index (κ3) is 4.49. The number of rotatable bonds is 6. The van der Waals surface area contributed by atoms with Crippen molar-refractivity contribution >= 4 is 0 Å². The van der Waals surface area contributed by atoms with Crippen LogP contribution in [-0.4, -0.2) is 50.3 Å². The first-order chi connectivity index (χ1) is 7.27. The van der Waals surface area contributed by atoms with Crippen molar-refractivity contribution < 1.29 is 4.74 Å².